The minimum absolute atomic E-state index is 0. The van der Waals surface area contributed by atoms with E-state index in [-0.39, 0.29) is 31.7 Å². The number of anilines is 2. The number of aryl methyl sites for hydroxylation is 1. The van der Waals surface area contributed by atoms with Gasteiger partial charge in [0.1, 0.15) is 6.54 Å². The molecule has 30 heavy (non-hydrogen) atoms. The SMILES string of the molecule is Cc1ccc(N2CCCN(C(=O)CN3Cc4c(ccc(F)c4F)NC3=O)CC2)cc1.[HH]. The zero-order valence-electron chi connectivity index (χ0n) is 16.8. The average Bonchev–Trinajstić information content (AvgIpc) is 2.99. The second kappa shape index (κ2) is 8.30. The smallest absolute Gasteiger partial charge is 0.322 e. The lowest BCUT2D eigenvalue weighted by atomic mass is 10.1. The van der Waals surface area contributed by atoms with E-state index in [0.717, 1.165) is 24.7 Å². The van der Waals surface area contributed by atoms with Gasteiger partial charge in [-0.3, -0.25) is 4.79 Å². The summed E-state index contributed by atoms with van der Waals surface area (Å²) in [5.41, 5.74) is 2.62. The third kappa shape index (κ3) is 4.08. The Balaban J connectivity index is 0.00000272. The van der Waals surface area contributed by atoms with Gasteiger partial charge in [0.2, 0.25) is 5.91 Å². The van der Waals surface area contributed by atoms with E-state index in [4.69, 9.17) is 0 Å². The Morgan fingerprint density at radius 3 is 2.60 bits per heavy atom. The fourth-order valence-corrected chi connectivity index (χ4v) is 3.89. The van der Waals surface area contributed by atoms with Gasteiger partial charge in [-0.05, 0) is 37.6 Å². The minimum atomic E-state index is -0.992. The Morgan fingerprint density at radius 1 is 1.07 bits per heavy atom. The highest BCUT2D eigenvalue weighted by Crippen LogP contribution is 2.27. The number of nitrogens with one attached hydrogen (secondary N) is 1. The molecular formula is C22H26F2N4O2. The number of hydrogen-bond acceptors (Lipinski definition) is 3. The van der Waals surface area contributed by atoms with Crippen LogP contribution >= 0.6 is 0 Å². The number of nitrogens with zero attached hydrogens (tertiary/aromatic N) is 3. The topological polar surface area (TPSA) is 55.9 Å². The first-order valence-corrected chi connectivity index (χ1v) is 10.0. The lowest BCUT2D eigenvalue weighted by Gasteiger charge is -2.31. The Hall–Kier alpha value is -3.16. The van der Waals surface area contributed by atoms with Crippen LogP contribution in [-0.2, 0) is 11.3 Å². The first-order valence-electron chi connectivity index (χ1n) is 10.0. The summed E-state index contributed by atoms with van der Waals surface area (Å²) in [5.74, 6) is -2.16. The van der Waals surface area contributed by atoms with E-state index in [2.05, 4.69) is 34.5 Å². The van der Waals surface area contributed by atoms with E-state index in [1.807, 2.05) is 6.92 Å². The van der Waals surface area contributed by atoms with E-state index in [1.165, 1.54) is 16.5 Å². The molecule has 6 nitrogen and oxygen atoms in total. The van der Waals surface area contributed by atoms with Crippen LogP contribution in [0.2, 0.25) is 0 Å². The molecule has 160 valence electrons. The molecule has 1 saturated heterocycles. The van der Waals surface area contributed by atoms with Crippen LogP contribution in [0.25, 0.3) is 0 Å². The van der Waals surface area contributed by atoms with Crippen molar-refractivity contribution >= 4 is 23.3 Å². The van der Waals surface area contributed by atoms with Gasteiger partial charge in [0.25, 0.3) is 0 Å². The Kier molecular flexibility index (Phi) is 5.57. The van der Waals surface area contributed by atoms with Gasteiger partial charge in [-0.15, -0.1) is 0 Å². The highest BCUT2D eigenvalue weighted by molar-refractivity contribution is 5.94. The molecule has 0 aliphatic carbocycles. The van der Waals surface area contributed by atoms with Gasteiger partial charge in [0, 0.05) is 38.9 Å². The molecule has 2 heterocycles. The zero-order chi connectivity index (χ0) is 21.3. The summed E-state index contributed by atoms with van der Waals surface area (Å²) < 4.78 is 27.6. The molecule has 2 aromatic carbocycles. The predicted octanol–water partition coefficient (Wildman–Crippen LogP) is 3.61. The molecule has 3 amide bonds. The maximum absolute atomic E-state index is 14.1. The zero-order valence-corrected chi connectivity index (χ0v) is 16.8. The lowest BCUT2D eigenvalue weighted by molar-refractivity contribution is -0.131. The van der Waals surface area contributed by atoms with Crippen LogP contribution in [0, 0.1) is 18.6 Å². The van der Waals surface area contributed by atoms with E-state index in [0.29, 0.717) is 19.6 Å². The van der Waals surface area contributed by atoms with Crippen molar-refractivity contribution in [1.29, 1.82) is 0 Å². The summed E-state index contributed by atoms with van der Waals surface area (Å²) in [6, 6.07) is 10.1. The molecule has 1 N–H and O–H groups in total. The fraction of sp³-hybridized carbons (Fsp3) is 0.364. The van der Waals surface area contributed by atoms with E-state index < -0.39 is 17.7 Å². The maximum atomic E-state index is 14.1. The van der Waals surface area contributed by atoms with Crippen LogP contribution in [0.3, 0.4) is 0 Å². The largest absolute Gasteiger partial charge is 0.370 e. The van der Waals surface area contributed by atoms with Gasteiger partial charge >= 0.3 is 6.03 Å². The van der Waals surface area contributed by atoms with Crippen molar-refractivity contribution in [3.8, 4) is 0 Å². The lowest BCUT2D eigenvalue weighted by Crippen LogP contribution is -2.47. The van der Waals surface area contributed by atoms with Gasteiger partial charge in [0.05, 0.1) is 12.2 Å². The van der Waals surface area contributed by atoms with Crippen molar-refractivity contribution in [1.82, 2.24) is 9.80 Å². The molecule has 8 heteroatoms. The standard InChI is InChI=1S/C22H24F2N4O2.H2/c1-15-3-5-16(6-4-15)26-9-2-10-27(12-11-26)20(29)14-28-13-17-19(25-22(28)30)8-7-18(23)21(17)24;/h3-8H,2,9-14H2,1H3,(H,25,30);1H. The average molecular weight is 416 g/mol. The number of urea groups is 1. The van der Waals surface area contributed by atoms with Gasteiger partial charge in [0.15, 0.2) is 11.6 Å². The summed E-state index contributed by atoms with van der Waals surface area (Å²) in [5, 5.41) is 2.53. The van der Waals surface area contributed by atoms with E-state index in [9.17, 15) is 18.4 Å². The van der Waals surface area contributed by atoms with Gasteiger partial charge in [-0.1, -0.05) is 17.7 Å². The van der Waals surface area contributed by atoms with Crippen LogP contribution < -0.4 is 10.2 Å². The van der Waals surface area contributed by atoms with Crippen LogP contribution in [0.5, 0.6) is 0 Å². The van der Waals surface area contributed by atoms with E-state index >= 15 is 0 Å². The van der Waals surface area contributed by atoms with Crippen molar-refractivity contribution in [3.63, 3.8) is 0 Å². The maximum Gasteiger partial charge on any atom is 0.322 e. The van der Waals surface area contributed by atoms with Crippen LogP contribution in [0.15, 0.2) is 36.4 Å². The Morgan fingerprint density at radius 2 is 1.83 bits per heavy atom. The van der Waals surface area contributed by atoms with Gasteiger partial charge in [-0.25, -0.2) is 13.6 Å². The molecule has 4 rings (SSSR count). The second-order valence-electron chi connectivity index (χ2n) is 7.73. The van der Waals surface area contributed by atoms with Crippen molar-refractivity contribution in [2.75, 3.05) is 42.9 Å². The molecule has 0 radical (unpaired) electrons. The minimum Gasteiger partial charge on any atom is -0.370 e. The molecule has 0 aromatic heterocycles. The number of benzene rings is 2. The number of hydrogen-bond donors (Lipinski definition) is 1. The normalized spacial score (nSPS) is 16.8. The van der Waals surface area contributed by atoms with Crippen LogP contribution in [-0.4, -0.2) is 54.5 Å². The number of carbonyl (C=O) groups excluding carboxylic acids is 2. The number of carbonyl (C=O) groups is 2. The van der Waals surface area contributed by atoms with Gasteiger partial charge < -0.3 is 20.0 Å². The number of rotatable bonds is 3. The summed E-state index contributed by atoms with van der Waals surface area (Å²) in [6.45, 7) is 4.41. The first-order chi connectivity index (χ1) is 14.4. The molecule has 0 saturated carbocycles. The molecule has 1 fully saturated rings. The van der Waals surface area contributed by atoms with Crippen LogP contribution in [0.1, 0.15) is 19.0 Å². The van der Waals surface area contributed by atoms with Crippen LogP contribution in [0.4, 0.5) is 25.0 Å². The number of fused-ring (bicyclic) bond motifs is 1. The Bertz CT molecular complexity index is 971. The summed E-state index contributed by atoms with van der Waals surface area (Å²) in [6.07, 6.45) is 0.814. The first kappa shape index (κ1) is 20.1. The number of halogens is 2. The molecule has 2 aliphatic rings. The number of amides is 3. The molecule has 0 atom stereocenters. The summed E-state index contributed by atoms with van der Waals surface area (Å²) in [4.78, 5) is 30.4. The highest BCUT2D eigenvalue weighted by atomic mass is 19.2. The molecule has 0 bridgehead atoms. The second-order valence-corrected chi connectivity index (χ2v) is 7.73. The quantitative estimate of drug-likeness (QED) is 0.832. The summed E-state index contributed by atoms with van der Waals surface area (Å²) >= 11 is 0. The molecule has 2 aromatic rings. The van der Waals surface area contributed by atoms with E-state index in [1.54, 1.807) is 4.90 Å². The summed E-state index contributed by atoms with van der Waals surface area (Å²) in [7, 11) is 0. The fourth-order valence-electron chi connectivity index (χ4n) is 3.89. The molecule has 2 aliphatic heterocycles. The molecule has 0 unspecified atom stereocenters. The predicted molar refractivity (Wildman–Crippen MR) is 112 cm³/mol. The van der Waals surface area contributed by atoms with Crippen molar-refractivity contribution in [2.45, 2.75) is 19.9 Å². The molecular weight excluding hydrogens is 390 g/mol. The molecule has 0 spiro atoms. The van der Waals surface area contributed by atoms with Crippen molar-refractivity contribution in [3.05, 3.63) is 59.2 Å². The highest BCUT2D eigenvalue weighted by Gasteiger charge is 2.29. The third-order valence-electron chi connectivity index (χ3n) is 5.65. The third-order valence-corrected chi connectivity index (χ3v) is 5.65. The van der Waals surface area contributed by atoms with Crippen molar-refractivity contribution in [2.24, 2.45) is 0 Å². The monoisotopic (exact) mass is 416 g/mol. The van der Waals surface area contributed by atoms with Gasteiger partial charge in [-0.2, -0.15) is 0 Å². The van der Waals surface area contributed by atoms with Crippen molar-refractivity contribution < 1.29 is 19.8 Å². The Labute approximate surface area is 175 Å².